The van der Waals surface area contributed by atoms with Crippen LogP contribution in [0.25, 0.3) is 5.76 Å². The Morgan fingerprint density at radius 2 is 1.89 bits per heavy atom. The SMILES string of the molecule is O=C1C(=O)N(C2CCCCC2)C(c2cccs2)/C1=C(/O)c1cccc(Cl)c1. The molecule has 1 aliphatic heterocycles. The van der Waals surface area contributed by atoms with Crippen LogP contribution in [0.1, 0.15) is 48.6 Å². The van der Waals surface area contributed by atoms with Crippen LogP contribution in [-0.4, -0.2) is 27.7 Å². The monoisotopic (exact) mass is 401 g/mol. The highest BCUT2D eigenvalue weighted by atomic mass is 35.5. The number of hydrogen-bond donors (Lipinski definition) is 1. The van der Waals surface area contributed by atoms with Gasteiger partial charge in [0.15, 0.2) is 0 Å². The van der Waals surface area contributed by atoms with Gasteiger partial charge in [-0.05, 0) is 36.4 Å². The van der Waals surface area contributed by atoms with Crippen LogP contribution in [0.3, 0.4) is 0 Å². The maximum Gasteiger partial charge on any atom is 0.295 e. The Labute approximate surface area is 167 Å². The van der Waals surface area contributed by atoms with Gasteiger partial charge in [-0.15, -0.1) is 11.3 Å². The molecule has 2 fully saturated rings. The van der Waals surface area contributed by atoms with Crippen molar-refractivity contribution in [1.82, 2.24) is 4.90 Å². The average Bonchev–Trinajstić information content (AvgIpc) is 3.29. The molecule has 1 aromatic heterocycles. The molecule has 1 aromatic carbocycles. The van der Waals surface area contributed by atoms with Crippen molar-refractivity contribution < 1.29 is 14.7 Å². The number of rotatable bonds is 3. The van der Waals surface area contributed by atoms with Crippen LogP contribution in [-0.2, 0) is 9.59 Å². The van der Waals surface area contributed by atoms with E-state index in [4.69, 9.17) is 11.6 Å². The molecule has 1 aliphatic carbocycles. The van der Waals surface area contributed by atoms with Gasteiger partial charge in [0, 0.05) is 21.5 Å². The first-order valence-electron chi connectivity index (χ1n) is 9.17. The van der Waals surface area contributed by atoms with Gasteiger partial charge in [0.1, 0.15) is 5.76 Å². The van der Waals surface area contributed by atoms with Gasteiger partial charge in [0.05, 0.1) is 11.6 Å². The summed E-state index contributed by atoms with van der Waals surface area (Å²) in [6.07, 6.45) is 5.06. The molecule has 1 amide bonds. The van der Waals surface area contributed by atoms with Crippen LogP contribution in [0.2, 0.25) is 5.02 Å². The lowest BCUT2D eigenvalue weighted by atomic mass is 9.93. The smallest absolute Gasteiger partial charge is 0.295 e. The third-order valence-corrected chi connectivity index (χ3v) is 6.52. The number of benzene rings is 1. The molecule has 1 N–H and O–H groups in total. The Bertz CT molecular complexity index is 900. The van der Waals surface area contributed by atoms with Crippen LogP contribution in [0.4, 0.5) is 0 Å². The zero-order chi connectivity index (χ0) is 19.0. The summed E-state index contributed by atoms with van der Waals surface area (Å²) in [5.74, 6) is -1.28. The summed E-state index contributed by atoms with van der Waals surface area (Å²) in [7, 11) is 0. The van der Waals surface area contributed by atoms with E-state index in [1.807, 2.05) is 17.5 Å². The van der Waals surface area contributed by atoms with E-state index < -0.39 is 17.7 Å². The number of amides is 1. The topological polar surface area (TPSA) is 57.6 Å². The molecule has 1 saturated heterocycles. The van der Waals surface area contributed by atoms with Crippen molar-refractivity contribution in [3.63, 3.8) is 0 Å². The molecule has 2 heterocycles. The highest BCUT2D eigenvalue weighted by Gasteiger charge is 2.49. The number of hydrogen-bond acceptors (Lipinski definition) is 4. The Morgan fingerprint density at radius 3 is 2.56 bits per heavy atom. The predicted molar refractivity (Wildman–Crippen MR) is 107 cm³/mol. The predicted octanol–water partition coefficient (Wildman–Crippen LogP) is 5.16. The second-order valence-electron chi connectivity index (χ2n) is 7.02. The van der Waals surface area contributed by atoms with Gasteiger partial charge in [-0.1, -0.05) is 49.1 Å². The number of carbonyl (C=O) groups is 2. The summed E-state index contributed by atoms with van der Waals surface area (Å²) < 4.78 is 0. The molecule has 4 nitrogen and oxygen atoms in total. The Hall–Kier alpha value is -2.11. The van der Waals surface area contributed by atoms with Crippen LogP contribution < -0.4 is 0 Å². The van der Waals surface area contributed by atoms with Gasteiger partial charge in [-0.25, -0.2) is 0 Å². The lowest BCUT2D eigenvalue weighted by Crippen LogP contribution is -2.40. The number of aliphatic hydroxyl groups is 1. The lowest BCUT2D eigenvalue weighted by Gasteiger charge is -2.34. The number of likely N-dealkylation sites (tertiary alicyclic amines) is 1. The first-order valence-corrected chi connectivity index (χ1v) is 10.4. The summed E-state index contributed by atoms with van der Waals surface area (Å²) >= 11 is 7.55. The van der Waals surface area contributed by atoms with Crippen molar-refractivity contribution in [3.8, 4) is 0 Å². The summed E-state index contributed by atoms with van der Waals surface area (Å²) in [4.78, 5) is 28.5. The molecule has 1 saturated carbocycles. The lowest BCUT2D eigenvalue weighted by molar-refractivity contribution is -0.141. The van der Waals surface area contributed by atoms with E-state index in [1.165, 1.54) is 11.3 Å². The van der Waals surface area contributed by atoms with E-state index >= 15 is 0 Å². The number of ketones is 1. The number of thiophene rings is 1. The summed E-state index contributed by atoms with van der Waals surface area (Å²) in [6.45, 7) is 0. The highest BCUT2D eigenvalue weighted by molar-refractivity contribution is 7.10. The minimum absolute atomic E-state index is 0.0342. The largest absolute Gasteiger partial charge is 0.507 e. The molecule has 1 unspecified atom stereocenters. The van der Waals surface area contributed by atoms with E-state index in [1.54, 1.807) is 29.2 Å². The van der Waals surface area contributed by atoms with Crippen molar-refractivity contribution >= 4 is 40.4 Å². The molecule has 1 atom stereocenters. The molecule has 2 aromatic rings. The summed E-state index contributed by atoms with van der Waals surface area (Å²) in [6, 6.07) is 10.0. The normalized spacial score (nSPS) is 23.1. The van der Waals surface area contributed by atoms with Crippen molar-refractivity contribution in [2.45, 2.75) is 44.2 Å². The fourth-order valence-corrected chi connectivity index (χ4v) is 5.13. The van der Waals surface area contributed by atoms with Crippen molar-refractivity contribution in [2.75, 3.05) is 0 Å². The minimum Gasteiger partial charge on any atom is -0.507 e. The molecule has 2 aliphatic rings. The number of aliphatic hydroxyl groups excluding tert-OH is 1. The van der Waals surface area contributed by atoms with Crippen LogP contribution in [0, 0.1) is 0 Å². The molecule has 6 heteroatoms. The third kappa shape index (κ3) is 3.30. The third-order valence-electron chi connectivity index (χ3n) is 5.36. The maximum atomic E-state index is 12.9. The van der Waals surface area contributed by atoms with Crippen LogP contribution in [0.15, 0.2) is 47.4 Å². The van der Waals surface area contributed by atoms with Crippen molar-refractivity contribution in [3.05, 3.63) is 62.8 Å². The summed E-state index contributed by atoms with van der Waals surface area (Å²) in [5, 5.41) is 13.3. The molecular formula is C21H20ClNO3S. The number of halogens is 1. The Morgan fingerprint density at radius 1 is 1.11 bits per heavy atom. The average molecular weight is 402 g/mol. The molecular weight excluding hydrogens is 382 g/mol. The Kier molecular flexibility index (Phi) is 5.06. The molecule has 0 spiro atoms. The fraction of sp³-hybridized carbons (Fsp3) is 0.333. The van der Waals surface area contributed by atoms with Gasteiger partial charge >= 0.3 is 0 Å². The zero-order valence-corrected chi connectivity index (χ0v) is 16.3. The number of nitrogens with zero attached hydrogens (tertiary/aromatic N) is 1. The van der Waals surface area contributed by atoms with Gasteiger partial charge in [-0.2, -0.15) is 0 Å². The highest BCUT2D eigenvalue weighted by Crippen LogP contribution is 2.44. The van der Waals surface area contributed by atoms with Gasteiger partial charge in [0.2, 0.25) is 0 Å². The molecule has 140 valence electrons. The fourth-order valence-electron chi connectivity index (χ4n) is 4.10. The van der Waals surface area contributed by atoms with Crippen molar-refractivity contribution in [2.24, 2.45) is 0 Å². The van der Waals surface area contributed by atoms with E-state index in [-0.39, 0.29) is 17.4 Å². The first kappa shape index (κ1) is 18.3. The Balaban J connectivity index is 1.85. The van der Waals surface area contributed by atoms with Crippen LogP contribution in [0.5, 0.6) is 0 Å². The van der Waals surface area contributed by atoms with Gasteiger partial charge in [0.25, 0.3) is 11.7 Å². The molecule has 0 radical (unpaired) electrons. The quantitative estimate of drug-likeness (QED) is 0.439. The van der Waals surface area contributed by atoms with E-state index in [9.17, 15) is 14.7 Å². The van der Waals surface area contributed by atoms with Crippen LogP contribution >= 0.6 is 22.9 Å². The summed E-state index contributed by atoms with van der Waals surface area (Å²) in [5.41, 5.74) is 0.612. The first-order chi connectivity index (χ1) is 13.1. The standard InChI is InChI=1S/C21H20ClNO3S/c22-14-7-4-6-13(12-14)19(24)17-18(16-10-5-11-27-16)23(21(26)20(17)25)15-8-2-1-3-9-15/h4-7,10-12,15,18,24H,1-3,8-9H2/b19-17-. The van der Waals surface area contributed by atoms with E-state index in [2.05, 4.69) is 0 Å². The zero-order valence-electron chi connectivity index (χ0n) is 14.7. The molecule has 27 heavy (non-hydrogen) atoms. The molecule has 4 rings (SSSR count). The van der Waals surface area contributed by atoms with E-state index in [0.29, 0.717) is 10.6 Å². The second-order valence-corrected chi connectivity index (χ2v) is 8.44. The van der Waals surface area contributed by atoms with Crippen molar-refractivity contribution in [1.29, 1.82) is 0 Å². The maximum absolute atomic E-state index is 12.9. The number of Topliss-reactive ketones (excluding diaryl/α,β-unsaturated/α-hetero) is 1. The minimum atomic E-state index is -0.614. The second kappa shape index (κ2) is 7.49. The van der Waals surface area contributed by atoms with E-state index in [0.717, 1.165) is 37.0 Å². The molecule has 0 bridgehead atoms. The van der Waals surface area contributed by atoms with Gasteiger partial charge in [-0.3, -0.25) is 9.59 Å². The van der Waals surface area contributed by atoms with Gasteiger partial charge < -0.3 is 10.0 Å². The number of carbonyl (C=O) groups excluding carboxylic acids is 2.